The molecule has 0 saturated carbocycles. The number of rotatable bonds is 7. The first kappa shape index (κ1) is 22.8. The number of nitrogens with two attached hydrogens (primary N) is 1. The first-order valence-electron chi connectivity index (χ1n) is 10.2. The molecule has 1 atom stereocenters. The number of carbonyl (C=O) groups excluding carboxylic acids is 1. The molecule has 0 radical (unpaired) electrons. The Morgan fingerprint density at radius 3 is 2.56 bits per heavy atom. The Balaban J connectivity index is 1.23. The van der Waals surface area contributed by atoms with Crippen molar-refractivity contribution < 1.29 is 22.3 Å². The van der Waals surface area contributed by atoms with Gasteiger partial charge in [-0.1, -0.05) is 11.8 Å². The Labute approximate surface area is 189 Å². The zero-order valence-corrected chi connectivity index (χ0v) is 19.0. The molecular formula is C19H25FN6O4S2. The average Bonchev–Trinajstić information content (AvgIpc) is 3.33. The van der Waals surface area contributed by atoms with Gasteiger partial charge in [0.2, 0.25) is 11.1 Å². The quantitative estimate of drug-likeness (QED) is 0.431. The molecule has 0 spiro atoms. The molecule has 10 nitrogen and oxygen atoms in total. The molecule has 174 valence electrons. The van der Waals surface area contributed by atoms with Crippen molar-refractivity contribution in [3.05, 3.63) is 35.9 Å². The number of piperazine rings is 1. The van der Waals surface area contributed by atoms with Gasteiger partial charge < -0.3 is 15.5 Å². The minimum absolute atomic E-state index is 0.0270. The smallest absolute Gasteiger partial charge is 0.233 e. The van der Waals surface area contributed by atoms with Crippen LogP contribution in [0.4, 0.5) is 4.39 Å². The Kier molecular flexibility index (Phi) is 6.86. The zero-order valence-electron chi connectivity index (χ0n) is 17.4. The van der Waals surface area contributed by atoms with Crippen LogP contribution in [0.1, 0.15) is 12.2 Å². The molecule has 1 aromatic carbocycles. The number of thioether (sulfide) groups is 1. The number of carbonyl (C=O) groups is 1. The summed E-state index contributed by atoms with van der Waals surface area (Å²) < 4.78 is 43.2. The van der Waals surface area contributed by atoms with Crippen LogP contribution in [-0.2, 0) is 21.2 Å². The molecule has 1 unspecified atom stereocenters. The van der Waals surface area contributed by atoms with E-state index in [4.69, 9.17) is 10.6 Å². The second-order valence-electron chi connectivity index (χ2n) is 7.77. The molecule has 2 aliphatic rings. The number of hydrogen-bond acceptors (Lipinski definition) is 9. The standard InChI is InChI=1S/C19H25FN6O4S2/c20-14-1-3-16(4-2-14)30-11-17-22-23-19(26(17)21)31-12-18(27)25-8-6-24(7-9-25)15-5-10-32(28,29)13-15/h1-4,15H,5-13,21H2. The highest BCUT2D eigenvalue weighted by atomic mass is 32.2. The monoisotopic (exact) mass is 484 g/mol. The molecule has 0 aliphatic carbocycles. The van der Waals surface area contributed by atoms with Crippen LogP contribution in [0, 0.1) is 5.82 Å². The maximum Gasteiger partial charge on any atom is 0.233 e. The number of ether oxygens (including phenoxy) is 1. The summed E-state index contributed by atoms with van der Waals surface area (Å²) in [6.45, 7) is 2.55. The minimum atomic E-state index is -2.91. The number of benzene rings is 1. The van der Waals surface area contributed by atoms with E-state index < -0.39 is 9.84 Å². The van der Waals surface area contributed by atoms with E-state index in [1.54, 1.807) is 4.90 Å². The largest absolute Gasteiger partial charge is 0.486 e. The number of sulfone groups is 1. The summed E-state index contributed by atoms with van der Waals surface area (Å²) in [5, 5.41) is 8.40. The summed E-state index contributed by atoms with van der Waals surface area (Å²) in [4.78, 5) is 16.5. The van der Waals surface area contributed by atoms with Gasteiger partial charge in [0, 0.05) is 32.2 Å². The molecule has 0 bridgehead atoms. The summed E-state index contributed by atoms with van der Waals surface area (Å²) in [7, 11) is -2.91. The molecule has 2 aliphatic heterocycles. The van der Waals surface area contributed by atoms with Gasteiger partial charge in [0.05, 0.1) is 17.3 Å². The van der Waals surface area contributed by atoms with Gasteiger partial charge in [-0.15, -0.1) is 10.2 Å². The van der Waals surface area contributed by atoms with Crippen LogP contribution in [0.15, 0.2) is 29.4 Å². The van der Waals surface area contributed by atoms with Crippen molar-refractivity contribution in [2.24, 2.45) is 0 Å². The molecule has 3 heterocycles. The molecule has 2 saturated heterocycles. The third-order valence-electron chi connectivity index (χ3n) is 5.63. The predicted octanol–water partition coefficient (Wildman–Crippen LogP) is 0.133. The number of halogens is 1. The summed E-state index contributed by atoms with van der Waals surface area (Å²) in [5.74, 6) is 7.14. The van der Waals surface area contributed by atoms with E-state index in [1.807, 2.05) is 0 Å². The summed E-state index contributed by atoms with van der Waals surface area (Å²) in [5.41, 5.74) is 0. The van der Waals surface area contributed by atoms with Crippen LogP contribution in [0.5, 0.6) is 5.75 Å². The Hall–Kier alpha value is -2.38. The van der Waals surface area contributed by atoms with Crippen molar-refractivity contribution in [3.63, 3.8) is 0 Å². The fourth-order valence-electron chi connectivity index (χ4n) is 3.80. The van der Waals surface area contributed by atoms with Crippen molar-refractivity contribution in [1.82, 2.24) is 24.7 Å². The van der Waals surface area contributed by atoms with E-state index in [0.29, 0.717) is 49.3 Å². The highest BCUT2D eigenvalue weighted by Crippen LogP contribution is 2.21. The predicted molar refractivity (Wildman–Crippen MR) is 117 cm³/mol. The summed E-state index contributed by atoms with van der Waals surface area (Å²) in [6, 6.07) is 5.67. The molecule has 32 heavy (non-hydrogen) atoms. The number of aromatic nitrogens is 3. The van der Waals surface area contributed by atoms with E-state index in [9.17, 15) is 17.6 Å². The lowest BCUT2D eigenvalue weighted by atomic mass is 10.2. The SMILES string of the molecule is Nn1c(COc2ccc(F)cc2)nnc1SCC(=O)N1CCN(C2CCS(=O)(=O)C2)CC1. The second-order valence-corrected chi connectivity index (χ2v) is 10.9. The average molecular weight is 485 g/mol. The van der Waals surface area contributed by atoms with Crippen molar-refractivity contribution >= 4 is 27.5 Å². The third kappa shape index (κ3) is 5.51. The van der Waals surface area contributed by atoms with E-state index >= 15 is 0 Å². The first-order valence-corrected chi connectivity index (χ1v) is 13.0. The van der Waals surface area contributed by atoms with Gasteiger partial charge in [-0.05, 0) is 30.7 Å². The second kappa shape index (κ2) is 9.63. The highest BCUT2D eigenvalue weighted by molar-refractivity contribution is 7.99. The van der Waals surface area contributed by atoms with Gasteiger partial charge in [-0.25, -0.2) is 17.5 Å². The number of hydrogen-bond donors (Lipinski definition) is 1. The normalized spacial score (nSPS) is 21.0. The molecule has 1 amide bonds. The number of nitrogens with zero attached hydrogens (tertiary/aromatic N) is 5. The maximum absolute atomic E-state index is 13.0. The van der Waals surface area contributed by atoms with E-state index in [2.05, 4.69) is 15.1 Å². The van der Waals surface area contributed by atoms with Crippen molar-refractivity contribution in [1.29, 1.82) is 0 Å². The van der Waals surface area contributed by atoms with Crippen LogP contribution < -0.4 is 10.6 Å². The fraction of sp³-hybridized carbons (Fsp3) is 0.526. The van der Waals surface area contributed by atoms with Gasteiger partial charge >= 0.3 is 0 Å². The summed E-state index contributed by atoms with van der Waals surface area (Å²) >= 11 is 1.19. The number of amides is 1. The minimum Gasteiger partial charge on any atom is -0.486 e. The van der Waals surface area contributed by atoms with Gasteiger partial charge in [-0.2, -0.15) is 0 Å². The lowest BCUT2D eigenvalue weighted by Gasteiger charge is -2.37. The maximum atomic E-state index is 13.0. The van der Waals surface area contributed by atoms with Crippen LogP contribution in [0.3, 0.4) is 0 Å². The van der Waals surface area contributed by atoms with Gasteiger partial charge in [-0.3, -0.25) is 9.69 Å². The van der Waals surface area contributed by atoms with E-state index in [-0.39, 0.29) is 41.6 Å². The van der Waals surface area contributed by atoms with Crippen LogP contribution in [0.2, 0.25) is 0 Å². The first-order chi connectivity index (χ1) is 15.3. The Bertz CT molecular complexity index is 1050. The van der Waals surface area contributed by atoms with E-state index in [0.717, 1.165) is 0 Å². The molecule has 1 aromatic heterocycles. The number of nitrogen functional groups attached to an aromatic ring is 1. The zero-order chi connectivity index (χ0) is 22.7. The van der Waals surface area contributed by atoms with Crippen LogP contribution in [0.25, 0.3) is 0 Å². The van der Waals surface area contributed by atoms with Gasteiger partial charge in [0.1, 0.15) is 18.2 Å². The molecule has 2 aromatic rings. The van der Waals surface area contributed by atoms with Gasteiger partial charge in [0.15, 0.2) is 15.7 Å². The molecule has 2 N–H and O–H groups in total. The third-order valence-corrected chi connectivity index (χ3v) is 8.31. The Morgan fingerprint density at radius 2 is 1.91 bits per heavy atom. The lowest BCUT2D eigenvalue weighted by molar-refractivity contribution is -0.130. The molecule has 4 rings (SSSR count). The van der Waals surface area contributed by atoms with Crippen molar-refractivity contribution in [2.75, 3.05) is 49.3 Å². The van der Waals surface area contributed by atoms with Crippen molar-refractivity contribution in [2.45, 2.75) is 24.2 Å². The van der Waals surface area contributed by atoms with Crippen LogP contribution in [-0.4, -0.2) is 88.5 Å². The topological polar surface area (TPSA) is 124 Å². The van der Waals surface area contributed by atoms with Gasteiger partial charge in [0.25, 0.3) is 0 Å². The molecular weight excluding hydrogens is 459 g/mol. The molecule has 2 fully saturated rings. The fourth-order valence-corrected chi connectivity index (χ4v) is 6.34. The van der Waals surface area contributed by atoms with Crippen molar-refractivity contribution in [3.8, 4) is 5.75 Å². The summed E-state index contributed by atoms with van der Waals surface area (Å²) in [6.07, 6.45) is 0.672. The van der Waals surface area contributed by atoms with Crippen LogP contribution >= 0.6 is 11.8 Å². The molecule has 13 heteroatoms. The lowest BCUT2D eigenvalue weighted by Crippen LogP contribution is -2.52. The highest BCUT2D eigenvalue weighted by Gasteiger charge is 2.34. The Morgan fingerprint density at radius 1 is 1.19 bits per heavy atom. The van der Waals surface area contributed by atoms with E-state index in [1.165, 1.54) is 40.7 Å².